The molecule has 0 fully saturated rings. The van der Waals surface area contributed by atoms with Crippen LogP contribution in [0, 0.1) is 0 Å². The van der Waals surface area contributed by atoms with Gasteiger partial charge in [0.15, 0.2) is 0 Å². The molecule has 0 aromatic heterocycles. The third-order valence-corrected chi connectivity index (χ3v) is 2.99. The summed E-state index contributed by atoms with van der Waals surface area (Å²) in [6.45, 7) is 8.35. The highest BCUT2D eigenvalue weighted by molar-refractivity contribution is 5.85. The first-order valence-electron chi connectivity index (χ1n) is 6.67. The zero-order chi connectivity index (χ0) is 14.0. The first-order chi connectivity index (χ1) is 8.45. The molecule has 0 unspecified atom stereocenters. The maximum absolute atomic E-state index is 10.4. The Morgan fingerprint density at radius 3 is 1.80 bits per heavy atom. The Hall–Kier alpha value is -0.730. The molecule has 0 spiro atoms. The summed E-state index contributed by atoms with van der Waals surface area (Å²) < 4.78 is 0. The third kappa shape index (κ3) is 15.3. The molecule has 0 aliphatic heterocycles. The first kappa shape index (κ1) is 24.3. The molecule has 1 N–H and O–H groups in total. The molecule has 0 aliphatic carbocycles. The lowest BCUT2D eigenvalue weighted by molar-refractivity contribution is -0.131. The summed E-state index contributed by atoms with van der Waals surface area (Å²) in [4.78, 5) is 10.4. The van der Waals surface area contributed by atoms with Crippen LogP contribution in [0.15, 0.2) is 34.9 Å². The van der Waals surface area contributed by atoms with E-state index in [1.54, 1.807) is 0 Å². The average Bonchev–Trinajstić information content (AvgIpc) is 2.27. The molecule has 118 valence electrons. The molecule has 0 aliphatic rings. The lowest BCUT2D eigenvalue weighted by Crippen LogP contribution is -1.89. The van der Waals surface area contributed by atoms with E-state index in [1.807, 2.05) is 6.92 Å². The predicted octanol–water partition coefficient (Wildman–Crippen LogP) is 5.72. The fourth-order valence-corrected chi connectivity index (χ4v) is 1.62. The van der Waals surface area contributed by atoms with Crippen molar-refractivity contribution in [1.82, 2.24) is 0 Å². The first-order valence-corrected chi connectivity index (χ1v) is 6.67. The van der Waals surface area contributed by atoms with Crippen LogP contribution in [-0.2, 0) is 4.79 Å². The van der Waals surface area contributed by atoms with Crippen molar-refractivity contribution in [3.63, 3.8) is 0 Å². The Morgan fingerprint density at radius 2 is 1.35 bits per heavy atom. The van der Waals surface area contributed by atoms with Crippen molar-refractivity contribution in [2.24, 2.45) is 0 Å². The van der Waals surface area contributed by atoms with Crippen LogP contribution in [0.5, 0.6) is 0 Å². The molecule has 0 atom stereocenters. The summed E-state index contributed by atoms with van der Waals surface area (Å²) in [5, 5.41) is 8.59. The highest BCUT2D eigenvalue weighted by atomic mass is 35.5. The molecule has 0 saturated carbocycles. The number of rotatable bonds is 8. The van der Waals surface area contributed by atoms with Crippen LogP contribution in [0.25, 0.3) is 0 Å². The Kier molecular flexibility index (Phi) is 17.8. The van der Waals surface area contributed by atoms with E-state index in [0.29, 0.717) is 0 Å². The van der Waals surface area contributed by atoms with Crippen LogP contribution in [0.3, 0.4) is 0 Å². The van der Waals surface area contributed by atoms with Crippen LogP contribution in [0.1, 0.15) is 59.8 Å². The molecular weight excluding hydrogens is 295 g/mol. The van der Waals surface area contributed by atoms with E-state index in [4.69, 9.17) is 5.11 Å². The Balaban J connectivity index is -0.00000144. The molecule has 0 saturated heterocycles. The molecule has 2 nitrogen and oxygen atoms in total. The minimum absolute atomic E-state index is 0. The second-order valence-electron chi connectivity index (χ2n) is 4.86. The summed E-state index contributed by atoms with van der Waals surface area (Å²) >= 11 is 0. The van der Waals surface area contributed by atoms with Crippen molar-refractivity contribution in [1.29, 1.82) is 0 Å². The topological polar surface area (TPSA) is 37.3 Å². The molecule has 0 amide bonds. The van der Waals surface area contributed by atoms with Crippen LogP contribution in [0.4, 0.5) is 0 Å². The van der Waals surface area contributed by atoms with Crippen molar-refractivity contribution >= 4 is 30.8 Å². The van der Waals surface area contributed by atoms with Gasteiger partial charge in [-0.15, -0.1) is 24.8 Å². The van der Waals surface area contributed by atoms with E-state index in [1.165, 1.54) is 17.2 Å². The highest BCUT2D eigenvalue weighted by Gasteiger charge is 1.94. The van der Waals surface area contributed by atoms with Gasteiger partial charge >= 0.3 is 5.97 Å². The fraction of sp³-hybridized carbons (Fsp3) is 0.562. The second kappa shape index (κ2) is 14.7. The van der Waals surface area contributed by atoms with Crippen molar-refractivity contribution in [3.05, 3.63) is 34.9 Å². The van der Waals surface area contributed by atoms with Gasteiger partial charge in [-0.2, -0.15) is 0 Å². The van der Waals surface area contributed by atoms with Crippen LogP contribution < -0.4 is 0 Å². The van der Waals surface area contributed by atoms with Gasteiger partial charge in [-0.3, -0.25) is 0 Å². The lowest BCUT2D eigenvalue weighted by Gasteiger charge is -2.01. The summed E-state index contributed by atoms with van der Waals surface area (Å²) in [6, 6.07) is 0. The zero-order valence-corrected chi connectivity index (χ0v) is 14.6. The number of carboxylic acids is 1. The number of carbonyl (C=O) groups is 1. The van der Waals surface area contributed by atoms with E-state index in [2.05, 4.69) is 32.9 Å². The molecule has 0 heterocycles. The third-order valence-electron chi connectivity index (χ3n) is 2.99. The Labute approximate surface area is 135 Å². The van der Waals surface area contributed by atoms with Crippen molar-refractivity contribution < 1.29 is 9.90 Å². The average molecular weight is 323 g/mol. The van der Waals surface area contributed by atoms with Gasteiger partial charge < -0.3 is 5.11 Å². The van der Waals surface area contributed by atoms with Gasteiger partial charge in [0.1, 0.15) is 0 Å². The van der Waals surface area contributed by atoms with E-state index < -0.39 is 5.97 Å². The normalized spacial score (nSPS) is 12.5. The quantitative estimate of drug-likeness (QED) is 0.458. The molecule has 0 aromatic rings. The highest BCUT2D eigenvalue weighted by Crippen LogP contribution is 2.11. The number of aliphatic carboxylic acids is 1. The van der Waals surface area contributed by atoms with Crippen molar-refractivity contribution in [3.8, 4) is 0 Å². The summed E-state index contributed by atoms with van der Waals surface area (Å²) in [6.07, 6.45) is 10.9. The van der Waals surface area contributed by atoms with Crippen LogP contribution >= 0.6 is 24.8 Å². The molecule has 0 bridgehead atoms. The van der Waals surface area contributed by atoms with E-state index in [9.17, 15) is 4.79 Å². The molecule has 4 heteroatoms. The number of hydrogen-bond donors (Lipinski definition) is 1. The molecule has 0 aromatic carbocycles. The maximum atomic E-state index is 10.4. The molecule has 0 radical (unpaired) electrons. The molecule has 20 heavy (non-hydrogen) atoms. The SMILES string of the molecule is CCC(C)=CCCC(C)=CCCC(C)=CC(=O)O.Cl.Cl. The van der Waals surface area contributed by atoms with Gasteiger partial charge in [0.2, 0.25) is 0 Å². The predicted molar refractivity (Wildman–Crippen MR) is 92.2 cm³/mol. The lowest BCUT2D eigenvalue weighted by atomic mass is 10.1. The monoisotopic (exact) mass is 322 g/mol. The number of hydrogen-bond acceptors (Lipinski definition) is 1. The van der Waals surface area contributed by atoms with Gasteiger partial charge in [-0.25, -0.2) is 4.79 Å². The smallest absolute Gasteiger partial charge is 0.328 e. The van der Waals surface area contributed by atoms with Crippen molar-refractivity contribution in [2.75, 3.05) is 0 Å². The van der Waals surface area contributed by atoms with E-state index in [-0.39, 0.29) is 24.8 Å². The molecular formula is C16H28Cl2O2. The fourth-order valence-electron chi connectivity index (χ4n) is 1.62. The van der Waals surface area contributed by atoms with E-state index >= 15 is 0 Å². The summed E-state index contributed by atoms with van der Waals surface area (Å²) in [7, 11) is 0. The van der Waals surface area contributed by atoms with Gasteiger partial charge in [0, 0.05) is 6.08 Å². The van der Waals surface area contributed by atoms with Gasteiger partial charge in [-0.05, 0) is 52.9 Å². The van der Waals surface area contributed by atoms with Crippen LogP contribution in [-0.4, -0.2) is 11.1 Å². The second-order valence-corrected chi connectivity index (χ2v) is 4.86. The van der Waals surface area contributed by atoms with Crippen LogP contribution in [0.2, 0.25) is 0 Å². The zero-order valence-electron chi connectivity index (χ0n) is 12.9. The largest absolute Gasteiger partial charge is 0.478 e. The number of carboxylic acid groups (broad SMARTS) is 1. The Morgan fingerprint density at radius 1 is 0.900 bits per heavy atom. The minimum atomic E-state index is -0.853. The summed E-state index contributed by atoms with van der Waals surface area (Å²) in [5.74, 6) is -0.853. The minimum Gasteiger partial charge on any atom is -0.478 e. The van der Waals surface area contributed by atoms with Gasteiger partial charge in [0.05, 0.1) is 0 Å². The number of halogens is 2. The van der Waals surface area contributed by atoms with Gasteiger partial charge in [-0.1, -0.05) is 35.8 Å². The van der Waals surface area contributed by atoms with E-state index in [0.717, 1.165) is 37.7 Å². The standard InChI is InChI=1S/C16H26O2.2ClH/c1-5-13(2)8-6-9-14(3)10-7-11-15(4)12-16(17)18;;/h8,10,12H,5-7,9,11H2,1-4H3,(H,17,18);2*1H. The van der Waals surface area contributed by atoms with Gasteiger partial charge in [0.25, 0.3) is 0 Å². The van der Waals surface area contributed by atoms with Crippen molar-refractivity contribution in [2.45, 2.75) is 59.8 Å². The summed E-state index contributed by atoms with van der Waals surface area (Å²) in [5.41, 5.74) is 3.76. The number of allylic oxidation sites excluding steroid dienone is 5. The molecule has 0 rings (SSSR count). The maximum Gasteiger partial charge on any atom is 0.328 e. The Bertz CT molecular complexity index is 355.